The minimum absolute atomic E-state index is 0.0135. The van der Waals surface area contributed by atoms with Gasteiger partial charge in [0.1, 0.15) is 5.82 Å². The molecule has 1 fully saturated rings. The summed E-state index contributed by atoms with van der Waals surface area (Å²) in [7, 11) is -3.47. The summed E-state index contributed by atoms with van der Waals surface area (Å²) in [5.41, 5.74) is -0.0135. The van der Waals surface area contributed by atoms with Crippen molar-refractivity contribution in [2.75, 3.05) is 19.6 Å². The van der Waals surface area contributed by atoms with Gasteiger partial charge in [-0.25, -0.2) is 18.1 Å². The minimum Gasteiger partial charge on any atom is -0.332 e. The molecule has 0 spiro atoms. The molecule has 7 heteroatoms. The van der Waals surface area contributed by atoms with Crippen molar-refractivity contribution in [3.05, 3.63) is 12.0 Å². The highest BCUT2D eigenvalue weighted by Crippen LogP contribution is 2.24. The molecule has 0 bridgehead atoms. The summed E-state index contributed by atoms with van der Waals surface area (Å²) in [4.78, 5) is 6.65. The molecule has 1 aliphatic heterocycles. The van der Waals surface area contributed by atoms with Crippen molar-refractivity contribution >= 4 is 10.0 Å². The van der Waals surface area contributed by atoms with E-state index < -0.39 is 10.0 Å². The number of sulfonamides is 1. The first-order valence-electron chi connectivity index (χ1n) is 6.13. The van der Waals surface area contributed by atoms with Gasteiger partial charge < -0.3 is 10.3 Å². The highest BCUT2D eigenvalue weighted by molar-refractivity contribution is 7.89. The molecule has 0 amide bonds. The highest BCUT2D eigenvalue weighted by atomic mass is 32.2. The number of rotatable bonds is 4. The molecular weight excluding hydrogens is 252 g/mol. The third-order valence-corrected chi connectivity index (χ3v) is 4.65. The number of H-pyrrole nitrogens is 1. The van der Waals surface area contributed by atoms with E-state index in [1.165, 1.54) is 6.20 Å². The van der Waals surface area contributed by atoms with E-state index in [4.69, 9.17) is 0 Å². The number of hydrogen-bond acceptors (Lipinski definition) is 4. The summed E-state index contributed by atoms with van der Waals surface area (Å²) in [6, 6.07) is 0. The molecule has 1 aromatic heterocycles. The topological polar surface area (TPSA) is 86.9 Å². The summed E-state index contributed by atoms with van der Waals surface area (Å²) in [5.74, 6) is 0.598. The fourth-order valence-corrected chi connectivity index (χ4v) is 3.32. The molecule has 0 radical (unpaired) electrons. The van der Waals surface area contributed by atoms with Crippen LogP contribution in [0.15, 0.2) is 11.2 Å². The molecule has 1 atom stereocenters. The van der Waals surface area contributed by atoms with E-state index in [0.717, 1.165) is 25.9 Å². The van der Waals surface area contributed by atoms with Crippen LogP contribution < -0.4 is 10.0 Å². The predicted molar refractivity (Wildman–Crippen MR) is 68.7 cm³/mol. The number of imidazole rings is 1. The number of aromatic nitrogens is 2. The van der Waals surface area contributed by atoms with Gasteiger partial charge >= 0.3 is 0 Å². The zero-order valence-electron chi connectivity index (χ0n) is 10.8. The SMILES string of the molecule is Cc1ncc(S(=O)(=O)NCC2(C)CCCNC2)[nH]1. The van der Waals surface area contributed by atoms with Gasteiger partial charge in [-0.05, 0) is 31.7 Å². The molecule has 0 saturated carbocycles. The monoisotopic (exact) mass is 272 g/mol. The number of nitrogens with one attached hydrogen (secondary N) is 3. The Morgan fingerprint density at radius 3 is 2.89 bits per heavy atom. The van der Waals surface area contributed by atoms with Crippen LogP contribution >= 0.6 is 0 Å². The van der Waals surface area contributed by atoms with Crippen molar-refractivity contribution in [1.29, 1.82) is 0 Å². The van der Waals surface area contributed by atoms with Crippen LogP contribution in [-0.2, 0) is 10.0 Å². The van der Waals surface area contributed by atoms with Crippen molar-refractivity contribution in [2.45, 2.75) is 31.7 Å². The second-order valence-corrected chi connectivity index (χ2v) is 6.98. The van der Waals surface area contributed by atoms with Crippen LogP contribution in [0.2, 0.25) is 0 Å². The second-order valence-electron chi connectivity index (χ2n) is 5.25. The van der Waals surface area contributed by atoms with Gasteiger partial charge in [0.05, 0.1) is 6.20 Å². The lowest BCUT2D eigenvalue weighted by molar-refractivity contribution is 0.238. The van der Waals surface area contributed by atoms with Gasteiger partial charge in [0.2, 0.25) is 0 Å². The standard InChI is InChI=1S/C11H20N4O2S/c1-9-13-6-10(15-9)18(16,17)14-8-11(2)4-3-5-12-7-11/h6,12,14H,3-5,7-8H2,1-2H3,(H,13,15). The van der Waals surface area contributed by atoms with E-state index in [0.29, 0.717) is 12.4 Å². The summed E-state index contributed by atoms with van der Waals surface area (Å²) in [6.45, 7) is 6.13. The summed E-state index contributed by atoms with van der Waals surface area (Å²) >= 11 is 0. The van der Waals surface area contributed by atoms with E-state index in [1.54, 1.807) is 6.92 Å². The van der Waals surface area contributed by atoms with Crippen LogP contribution in [0.4, 0.5) is 0 Å². The van der Waals surface area contributed by atoms with Crippen LogP contribution in [-0.4, -0.2) is 38.0 Å². The molecule has 3 N–H and O–H groups in total. The Balaban J connectivity index is 2.01. The molecule has 0 aliphatic carbocycles. The van der Waals surface area contributed by atoms with Gasteiger partial charge in [-0.1, -0.05) is 6.92 Å². The van der Waals surface area contributed by atoms with Crippen molar-refractivity contribution in [3.63, 3.8) is 0 Å². The molecule has 18 heavy (non-hydrogen) atoms. The number of piperidine rings is 1. The lowest BCUT2D eigenvalue weighted by Gasteiger charge is -2.34. The number of aryl methyl sites for hydroxylation is 1. The van der Waals surface area contributed by atoms with Gasteiger partial charge in [-0.15, -0.1) is 0 Å². The van der Waals surface area contributed by atoms with Gasteiger partial charge in [0, 0.05) is 13.1 Å². The second kappa shape index (κ2) is 4.99. The van der Waals surface area contributed by atoms with E-state index in [1.807, 2.05) is 0 Å². The molecule has 2 rings (SSSR count). The minimum atomic E-state index is -3.47. The Hall–Kier alpha value is -0.920. The predicted octanol–water partition coefficient (Wildman–Crippen LogP) is 0.386. The first-order valence-corrected chi connectivity index (χ1v) is 7.62. The van der Waals surface area contributed by atoms with Gasteiger partial charge in [0.25, 0.3) is 10.0 Å². The van der Waals surface area contributed by atoms with Gasteiger partial charge in [-0.2, -0.15) is 0 Å². The smallest absolute Gasteiger partial charge is 0.257 e. The van der Waals surface area contributed by atoms with E-state index >= 15 is 0 Å². The maximum Gasteiger partial charge on any atom is 0.257 e. The normalized spacial score (nSPS) is 25.2. The van der Waals surface area contributed by atoms with Gasteiger partial charge in [0.15, 0.2) is 5.03 Å². The third-order valence-electron chi connectivity index (χ3n) is 3.34. The molecule has 0 aromatic carbocycles. The first kappa shape index (κ1) is 13.5. The quantitative estimate of drug-likeness (QED) is 0.740. The summed E-state index contributed by atoms with van der Waals surface area (Å²) in [6.07, 6.45) is 3.46. The van der Waals surface area contributed by atoms with Crippen molar-refractivity contribution in [1.82, 2.24) is 20.0 Å². The molecule has 1 unspecified atom stereocenters. The van der Waals surface area contributed by atoms with E-state index in [-0.39, 0.29) is 10.4 Å². The molecule has 102 valence electrons. The zero-order chi connectivity index (χ0) is 13.2. The number of nitrogens with zero attached hydrogens (tertiary/aromatic N) is 1. The number of aromatic amines is 1. The average molecular weight is 272 g/mol. The van der Waals surface area contributed by atoms with Crippen LogP contribution in [0.3, 0.4) is 0 Å². The average Bonchev–Trinajstić information content (AvgIpc) is 2.76. The number of hydrogen-bond donors (Lipinski definition) is 3. The molecular formula is C11H20N4O2S. The maximum atomic E-state index is 12.0. The largest absolute Gasteiger partial charge is 0.332 e. The Morgan fingerprint density at radius 2 is 2.33 bits per heavy atom. The van der Waals surface area contributed by atoms with E-state index in [9.17, 15) is 8.42 Å². The van der Waals surface area contributed by atoms with E-state index in [2.05, 4.69) is 26.9 Å². The van der Waals surface area contributed by atoms with Crippen molar-refractivity contribution in [3.8, 4) is 0 Å². The summed E-state index contributed by atoms with van der Waals surface area (Å²) < 4.78 is 26.7. The molecule has 6 nitrogen and oxygen atoms in total. The van der Waals surface area contributed by atoms with Crippen LogP contribution in [0.1, 0.15) is 25.6 Å². The Kier molecular flexibility index (Phi) is 3.74. The molecule has 1 aliphatic rings. The Labute approximate surface area is 108 Å². The third kappa shape index (κ3) is 3.09. The fraction of sp³-hybridized carbons (Fsp3) is 0.727. The first-order chi connectivity index (χ1) is 8.41. The highest BCUT2D eigenvalue weighted by Gasteiger charge is 2.29. The molecule has 1 aromatic rings. The fourth-order valence-electron chi connectivity index (χ4n) is 2.15. The molecule has 1 saturated heterocycles. The van der Waals surface area contributed by atoms with Gasteiger partial charge in [-0.3, -0.25) is 0 Å². The zero-order valence-corrected chi connectivity index (χ0v) is 11.6. The van der Waals surface area contributed by atoms with Crippen LogP contribution in [0.5, 0.6) is 0 Å². The lowest BCUT2D eigenvalue weighted by atomic mass is 9.83. The maximum absolute atomic E-state index is 12.0. The van der Waals surface area contributed by atoms with Crippen molar-refractivity contribution < 1.29 is 8.42 Å². The Morgan fingerprint density at radius 1 is 1.56 bits per heavy atom. The Bertz CT molecular complexity index is 503. The summed E-state index contributed by atoms with van der Waals surface area (Å²) in [5, 5.41) is 3.43. The molecule has 2 heterocycles. The van der Waals surface area contributed by atoms with Crippen LogP contribution in [0.25, 0.3) is 0 Å². The lowest BCUT2D eigenvalue weighted by Crippen LogP contribution is -2.45. The van der Waals surface area contributed by atoms with Crippen molar-refractivity contribution in [2.24, 2.45) is 5.41 Å². The van der Waals surface area contributed by atoms with Crippen LogP contribution in [0, 0.1) is 12.3 Å².